The Morgan fingerprint density at radius 1 is 1.53 bits per heavy atom. The third-order valence-corrected chi connectivity index (χ3v) is 2.86. The summed E-state index contributed by atoms with van der Waals surface area (Å²) < 4.78 is 4.50. The van der Waals surface area contributed by atoms with Crippen molar-refractivity contribution in [1.82, 2.24) is 10.2 Å². The fraction of sp³-hybridized carbons (Fsp3) is 0.500. The number of urea groups is 1. The Bertz CT molecular complexity index is 405. The average Bonchev–Trinajstić information content (AvgIpc) is 2.28. The van der Waals surface area contributed by atoms with Crippen LogP contribution in [-0.2, 0) is 14.3 Å². The topological polar surface area (TPSA) is 75.7 Å². The van der Waals surface area contributed by atoms with Crippen molar-refractivity contribution < 1.29 is 19.1 Å². The Hall–Kier alpha value is -1.56. The summed E-state index contributed by atoms with van der Waals surface area (Å²) in [4.78, 5) is 35.3. The van der Waals surface area contributed by atoms with Gasteiger partial charge in [0.2, 0.25) is 0 Å². The van der Waals surface area contributed by atoms with E-state index < -0.39 is 18.0 Å². The molecule has 94 valence electrons. The summed E-state index contributed by atoms with van der Waals surface area (Å²) in [6, 6.07) is -1.13. The van der Waals surface area contributed by atoms with Crippen molar-refractivity contribution in [3.8, 4) is 0 Å². The van der Waals surface area contributed by atoms with Gasteiger partial charge in [-0.2, -0.15) is 0 Å². The number of carbonyl (C=O) groups is 3. The van der Waals surface area contributed by atoms with E-state index in [2.05, 4.69) is 10.1 Å². The van der Waals surface area contributed by atoms with Crippen LogP contribution in [0, 0.1) is 0 Å². The van der Waals surface area contributed by atoms with E-state index in [9.17, 15) is 14.4 Å². The first-order chi connectivity index (χ1) is 7.88. The molecule has 0 saturated heterocycles. The van der Waals surface area contributed by atoms with Gasteiger partial charge in [0.15, 0.2) is 0 Å². The standard InChI is InChI=1S/C10H13ClN2O4/c1-5(14)4-6-7(11)8(9(15)17-3)12-10(16)13(6)2/h6H,4H2,1-3H3,(H,12,16). The van der Waals surface area contributed by atoms with Crippen LogP contribution in [0.25, 0.3) is 0 Å². The zero-order valence-corrected chi connectivity index (χ0v) is 10.5. The molecule has 0 fully saturated rings. The molecule has 1 rings (SSSR count). The van der Waals surface area contributed by atoms with Crippen LogP contribution in [0.2, 0.25) is 0 Å². The maximum atomic E-state index is 11.6. The molecule has 0 aliphatic carbocycles. The number of halogens is 1. The average molecular weight is 261 g/mol. The Labute approximate surface area is 104 Å². The minimum atomic E-state index is -0.731. The second kappa shape index (κ2) is 5.18. The number of methoxy groups -OCH3 is 1. The van der Waals surface area contributed by atoms with E-state index in [0.29, 0.717) is 0 Å². The Morgan fingerprint density at radius 3 is 2.59 bits per heavy atom. The largest absolute Gasteiger partial charge is 0.464 e. The lowest BCUT2D eigenvalue weighted by atomic mass is 10.1. The number of ether oxygens (including phenoxy) is 1. The van der Waals surface area contributed by atoms with Gasteiger partial charge in [0.05, 0.1) is 18.2 Å². The Morgan fingerprint density at radius 2 is 2.12 bits per heavy atom. The van der Waals surface area contributed by atoms with Crippen LogP contribution >= 0.6 is 11.6 Å². The second-order valence-electron chi connectivity index (χ2n) is 3.68. The molecule has 0 spiro atoms. The molecule has 1 aliphatic heterocycles. The van der Waals surface area contributed by atoms with Crippen molar-refractivity contribution in [3.63, 3.8) is 0 Å². The van der Waals surface area contributed by atoms with Crippen molar-refractivity contribution in [2.24, 2.45) is 0 Å². The first-order valence-electron chi connectivity index (χ1n) is 4.89. The van der Waals surface area contributed by atoms with Crippen LogP contribution in [-0.4, -0.2) is 42.9 Å². The maximum absolute atomic E-state index is 11.6. The number of nitrogens with one attached hydrogen (secondary N) is 1. The molecule has 1 N–H and O–H groups in total. The molecule has 0 bridgehead atoms. The van der Waals surface area contributed by atoms with Crippen LogP contribution in [0.1, 0.15) is 13.3 Å². The van der Waals surface area contributed by atoms with Gasteiger partial charge in [-0.1, -0.05) is 11.6 Å². The van der Waals surface area contributed by atoms with Gasteiger partial charge in [-0.05, 0) is 6.92 Å². The number of rotatable bonds is 3. The molecule has 0 radical (unpaired) electrons. The minimum Gasteiger partial charge on any atom is -0.464 e. The highest BCUT2D eigenvalue weighted by Gasteiger charge is 2.34. The highest BCUT2D eigenvalue weighted by Crippen LogP contribution is 2.25. The number of ketones is 1. The molecule has 17 heavy (non-hydrogen) atoms. The number of hydrogen-bond acceptors (Lipinski definition) is 4. The lowest BCUT2D eigenvalue weighted by molar-refractivity contribution is -0.136. The maximum Gasteiger partial charge on any atom is 0.355 e. The molecular weight excluding hydrogens is 248 g/mol. The molecule has 1 aliphatic rings. The van der Waals surface area contributed by atoms with Crippen LogP contribution in [0.5, 0.6) is 0 Å². The lowest BCUT2D eigenvalue weighted by Gasteiger charge is -2.32. The fourth-order valence-electron chi connectivity index (χ4n) is 1.48. The first kappa shape index (κ1) is 13.5. The van der Waals surface area contributed by atoms with Gasteiger partial charge >= 0.3 is 12.0 Å². The van der Waals surface area contributed by atoms with Gasteiger partial charge in [0.25, 0.3) is 0 Å². The second-order valence-corrected chi connectivity index (χ2v) is 4.08. The van der Waals surface area contributed by atoms with Crippen molar-refractivity contribution >= 4 is 29.4 Å². The molecule has 6 nitrogen and oxygen atoms in total. The molecular formula is C10H13ClN2O4. The molecule has 1 heterocycles. The van der Waals surface area contributed by atoms with Crippen molar-refractivity contribution in [1.29, 1.82) is 0 Å². The summed E-state index contributed by atoms with van der Waals surface area (Å²) in [5.74, 6) is -0.857. The third-order valence-electron chi connectivity index (χ3n) is 2.42. The highest BCUT2D eigenvalue weighted by molar-refractivity contribution is 6.33. The van der Waals surface area contributed by atoms with Crippen LogP contribution in [0.3, 0.4) is 0 Å². The van der Waals surface area contributed by atoms with Crippen LogP contribution < -0.4 is 5.32 Å². The number of carbonyl (C=O) groups excluding carboxylic acids is 3. The summed E-state index contributed by atoms with van der Waals surface area (Å²) in [6.07, 6.45) is 0.0588. The zero-order chi connectivity index (χ0) is 13.2. The Balaban J connectivity index is 3.11. The normalized spacial score (nSPS) is 20.1. The smallest absolute Gasteiger partial charge is 0.355 e. The molecule has 1 atom stereocenters. The summed E-state index contributed by atoms with van der Waals surface area (Å²) in [7, 11) is 2.68. The predicted molar refractivity (Wildman–Crippen MR) is 60.3 cm³/mol. The quantitative estimate of drug-likeness (QED) is 0.755. The highest BCUT2D eigenvalue weighted by atomic mass is 35.5. The fourth-order valence-corrected chi connectivity index (χ4v) is 1.83. The number of amides is 2. The summed E-state index contributed by atoms with van der Waals surface area (Å²) >= 11 is 6.00. The Kier molecular flexibility index (Phi) is 4.11. The number of Topliss-reactive ketones (excluding diaryl/α,β-unsaturated/α-hetero) is 1. The predicted octanol–water partition coefficient (Wildman–Crippen LogP) is 0.612. The van der Waals surface area contributed by atoms with E-state index in [1.54, 1.807) is 0 Å². The van der Waals surface area contributed by atoms with E-state index >= 15 is 0 Å². The number of nitrogens with zero attached hydrogens (tertiary/aromatic N) is 1. The first-order valence-corrected chi connectivity index (χ1v) is 5.27. The molecule has 0 aromatic carbocycles. The van der Waals surface area contributed by atoms with Crippen LogP contribution in [0.4, 0.5) is 4.79 Å². The van der Waals surface area contributed by atoms with Crippen LogP contribution in [0.15, 0.2) is 10.7 Å². The zero-order valence-electron chi connectivity index (χ0n) is 9.74. The molecule has 2 amide bonds. The third kappa shape index (κ3) is 2.76. The SMILES string of the molecule is COC(=O)C1=C(Cl)C(CC(C)=O)N(C)C(=O)N1. The van der Waals surface area contributed by atoms with Gasteiger partial charge in [0, 0.05) is 13.5 Å². The van der Waals surface area contributed by atoms with E-state index in [1.807, 2.05) is 0 Å². The van der Waals surface area contributed by atoms with Gasteiger partial charge in [0.1, 0.15) is 11.5 Å². The van der Waals surface area contributed by atoms with Crippen molar-refractivity contribution in [2.75, 3.05) is 14.2 Å². The number of likely N-dealkylation sites (N-methyl/N-ethyl adjacent to an activating group) is 1. The summed E-state index contributed by atoms with van der Waals surface area (Å²) in [5, 5.41) is 2.42. The number of esters is 1. The van der Waals surface area contributed by atoms with E-state index in [4.69, 9.17) is 11.6 Å². The molecule has 7 heteroatoms. The minimum absolute atomic E-state index is 0.0588. The van der Waals surface area contributed by atoms with Crippen molar-refractivity contribution in [3.05, 3.63) is 10.7 Å². The van der Waals surface area contributed by atoms with E-state index in [0.717, 1.165) is 0 Å². The van der Waals surface area contributed by atoms with Gasteiger partial charge in [-0.3, -0.25) is 4.79 Å². The molecule has 0 aromatic rings. The van der Waals surface area contributed by atoms with Gasteiger partial charge in [-0.25, -0.2) is 9.59 Å². The van der Waals surface area contributed by atoms with Gasteiger partial charge < -0.3 is 15.0 Å². The number of hydrogen-bond donors (Lipinski definition) is 1. The van der Waals surface area contributed by atoms with Crippen molar-refractivity contribution in [2.45, 2.75) is 19.4 Å². The summed E-state index contributed by atoms with van der Waals surface area (Å²) in [5.41, 5.74) is -0.108. The molecule has 0 saturated carbocycles. The molecule has 1 unspecified atom stereocenters. The van der Waals surface area contributed by atoms with E-state index in [1.165, 1.54) is 26.0 Å². The summed E-state index contributed by atoms with van der Waals surface area (Å²) in [6.45, 7) is 1.39. The van der Waals surface area contributed by atoms with E-state index in [-0.39, 0.29) is 22.9 Å². The lowest BCUT2D eigenvalue weighted by Crippen LogP contribution is -2.50. The van der Waals surface area contributed by atoms with Gasteiger partial charge in [-0.15, -0.1) is 0 Å². The molecule has 0 aromatic heterocycles. The monoisotopic (exact) mass is 260 g/mol.